The predicted molar refractivity (Wildman–Crippen MR) is 71.5 cm³/mol. The van der Waals surface area contributed by atoms with Gasteiger partial charge in [-0.05, 0) is 37.0 Å². The minimum Gasteiger partial charge on any atom is -0.294 e. The number of rotatable bonds is 3. The monoisotopic (exact) mass is 268 g/mol. The van der Waals surface area contributed by atoms with Crippen molar-refractivity contribution < 1.29 is 9.18 Å². The first-order valence-electron chi connectivity index (χ1n) is 6.61. The van der Waals surface area contributed by atoms with E-state index in [1.165, 1.54) is 24.6 Å². The number of Topliss-reactive ketones (excluding diaryl/α,β-unsaturated/α-hetero) is 1. The van der Waals surface area contributed by atoms with E-state index in [1.54, 1.807) is 0 Å². The van der Waals surface area contributed by atoms with Gasteiger partial charge in [0, 0.05) is 10.9 Å². The summed E-state index contributed by atoms with van der Waals surface area (Å²) in [7, 11) is 0. The molecule has 1 aliphatic rings. The van der Waals surface area contributed by atoms with Gasteiger partial charge in [-0.2, -0.15) is 0 Å². The fraction of sp³-hybridized carbons (Fsp3) is 0.533. The molecule has 1 aliphatic carbocycles. The van der Waals surface area contributed by atoms with Crippen molar-refractivity contribution >= 4 is 17.4 Å². The van der Waals surface area contributed by atoms with Crippen LogP contribution in [0.5, 0.6) is 0 Å². The lowest BCUT2D eigenvalue weighted by atomic mass is 9.77. The van der Waals surface area contributed by atoms with Crippen molar-refractivity contribution in [1.29, 1.82) is 0 Å². The van der Waals surface area contributed by atoms with E-state index in [9.17, 15) is 9.18 Å². The first-order valence-corrected chi connectivity index (χ1v) is 6.99. The highest BCUT2D eigenvalue weighted by molar-refractivity contribution is 6.31. The van der Waals surface area contributed by atoms with E-state index < -0.39 is 5.82 Å². The first-order chi connectivity index (χ1) is 8.61. The van der Waals surface area contributed by atoms with Crippen LogP contribution in [0.15, 0.2) is 18.2 Å². The van der Waals surface area contributed by atoms with Gasteiger partial charge in [0.1, 0.15) is 5.82 Å². The molecule has 0 aromatic heterocycles. The van der Waals surface area contributed by atoms with Crippen LogP contribution in [-0.4, -0.2) is 5.78 Å². The van der Waals surface area contributed by atoms with E-state index in [0.29, 0.717) is 10.9 Å². The van der Waals surface area contributed by atoms with Gasteiger partial charge in [0.25, 0.3) is 0 Å². The average Bonchev–Trinajstić information content (AvgIpc) is 2.41. The van der Waals surface area contributed by atoms with Gasteiger partial charge in [-0.3, -0.25) is 4.79 Å². The van der Waals surface area contributed by atoms with Gasteiger partial charge >= 0.3 is 0 Å². The second-order valence-corrected chi connectivity index (χ2v) is 5.56. The van der Waals surface area contributed by atoms with Crippen LogP contribution in [0.3, 0.4) is 0 Å². The lowest BCUT2D eigenvalue weighted by Gasteiger charge is -2.27. The Morgan fingerprint density at radius 1 is 1.44 bits per heavy atom. The third-order valence-corrected chi connectivity index (χ3v) is 4.16. The highest BCUT2D eigenvalue weighted by atomic mass is 35.5. The van der Waals surface area contributed by atoms with Gasteiger partial charge in [-0.15, -0.1) is 0 Å². The van der Waals surface area contributed by atoms with E-state index in [0.717, 1.165) is 25.7 Å². The number of ketones is 1. The Bertz CT molecular complexity index is 444. The molecular weight excluding hydrogens is 251 g/mol. The lowest BCUT2D eigenvalue weighted by molar-refractivity contribution is 0.0857. The molecule has 1 aromatic carbocycles. The summed E-state index contributed by atoms with van der Waals surface area (Å²) in [5, 5.41) is 0.419. The molecule has 2 atom stereocenters. The minimum atomic E-state index is -0.456. The summed E-state index contributed by atoms with van der Waals surface area (Å²) in [5.74, 6) is 0.0442. The number of carbonyl (C=O) groups excluding carboxylic acids is 1. The summed E-state index contributed by atoms with van der Waals surface area (Å²) >= 11 is 5.84. The van der Waals surface area contributed by atoms with Crippen molar-refractivity contribution in [2.24, 2.45) is 11.8 Å². The minimum absolute atomic E-state index is 0.0309. The standard InChI is InChI=1S/C15H18ClFO/c1-2-10-4-3-5-11(8-10)15(18)13-9-12(16)6-7-14(13)17/h6-7,9-11H,2-5,8H2,1H3. The van der Waals surface area contributed by atoms with Crippen molar-refractivity contribution in [2.45, 2.75) is 39.0 Å². The smallest absolute Gasteiger partial charge is 0.168 e. The van der Waals surface area contributed by atoms with Gasteiger partial charge in [0.2, 0.25) is 0 Å². The highest BCUT2D eigenvalue weighted by Crippen LogP contribution is 2.33. The van der Waals surface area contributed by atoms with Crippen LogP contribution in [0.4, 0.5) is 4.39 Å². The molecule has 3 heteroatoms. The van der Waals surface area contributed by atoms with Crippen LogP contribution in [0.1, 0.15) is 49.4 Å². The Morgan fingerprint density at radius 2 is 2.22 bits per heavy atom. The molecule has 0 saturated heterocycles. The van der Waals surface area contributed by atoms with Gasteiger partial charge in [0.05, 0.1) is 5.56 Å². The number of benzene rings is 1. The quantitative estimate of drug-likeness (QED) is 0.714. The largest absolute Gasteiger partial charge is 0.294 e. The summed E-state index contributed by atoms with van der Waals surface area (Å²) in [6.45, 7) is 2.15. The summed E-state index contributed by atoms with van der Waals surface area (Å²) in [4.78, 5) is 12.3. The van der Waals surface area contributed by atoms with E-state index in [1.807, 2.05) is 0 Å². The number of hydrogen-bond acceptors (Lipinski definition) is 1. The number of carbonyl (C=O) groups is 1. The molecule has 0 aliphatic heterocycles. The maximum Gasteiger partial charge on any atom is 0.168 e. The lowest BCUT2D eigenvalue weighted by Crippen LogP contribution is -2.23. The number of halogens is 2. The van der Waals surface area contributed by atoms with Crippen molar-refractivity contribution in [3.8, 4) is 0 Å². The van der Waals surface area contributed by atoms with Gasteiger partial charge in [-0.1, -0.05) is 37.8 Å². The molecule has 0 N–H and O–H groups in total. The summed E-state index contributed by atoms with van der Waals surface area (Å²) in [5.41, 5.74) is 0.157. The Labute approximate surface area is 112 Å². The molecule has 1 saturated carbocycles. The first kappa shape index (κ1) is 13.5. The second-order valence-electron chi connectivity index (χ2n) is 5.13. The van der Waals surface area contributed by atoms with Crippen molar-refractivity contribution in [3.05, 3.63) is 34.6 Å². The summed E-state index contributed by atoms with van der Waals surface area (Å²) in [6.07, 6.45) is 5.12. The van der Waals surface area contributed by atoms with E-state index in [4.69, 9.17) is 11.6 Å². The van der Waals surface area contributed by atoms with Gasteiger partial charge < -0.3 is 0 Å². The van der Waals surface area contributed by atoms with Crippen LogP contribution in [0.25, 0.3) is 0 Å². The molecule has 1 aromatic rings. The van der Waals surface area contributed by atoms with Crippen LogP contribution >= 0.6 is 11.6 Å². The average molecular weight is 269 g/mol. The molecule has 18 heavy (non-hydrogen) atoms. The SMILES string of the molecule is CCC1CCCC(C(=O)c2cc(Cl)ccc2F)C1. The van der Waals surface area contributed by atoms with Gasteiger partial charge in [-0.25, -0.2) is 4.39 Å². The molecule has 0 heterocycles. The molecule has 1 fully saturated rings. The maximum atomic E-state index is 13.7. The van der Waals surface area contributed by atoms with Crippen molar-refractivity contribution in [3.63, 3.8) is 0 Å². The van der Waals surface area contributed by atoms with E-state index >= 15 is 0 Å². The molecule has 0 spiro atoms. The van der Waals surface area contributed by atoms with Crippen LogP contribution in [0.2, 0.25) is 5.02 Å². The molecule has 1 nitrogen and oxygen atoms in total. The van der Waals surface area contributed by atoms with Crippen LogP contribution in [-0.2, 0) is 0 Å². The summed E-state index contributed by atoms with van der Waals surface area (Å²) in [6, 6.07) is 4.20. The highest BCUT2D eigenvalue weighted by Gasteiger charge is 2.28. The van der Waals surface area contributed by atoms with Crippen molar-refractivity contribution in [2.75, 3.05) is 0 Å². The Hall–Kier alpha value is -0.890. The fourth-order valence-corrected chi connectivity index (χ4v) is 2.98. The fourth-order valence-electron chi connectivity index (χ4n) is 2.81. The molecule has 0 bridgehead atoms. The predicted octanol–water partition coefficient (Wildman–Crippen LogP) is 4.88. The third-order valence-electron chi connectivity index (χ3n) is 3.92. The Kier molecular flexibility index (Phi) is 4.39. The third kappa shape index (κ3) is 2.92. The second kappa shape index (κ2) is 5.83. The number of hydrogen-bond donors (Lipinski definition) is 0. The van der Waals surface area contributed by atoms with Crippen LogP contribution in [0, 0.1) is 17.7 Å². The van der Waals surface area contributed by atoms with Gasteiger partial charge in [0.15, 0.2) is 5.78 Å². The zero-order valence-corrected chi connectivity index (χ0v) is 11.3. The molecule has 98 valence electrons. The van der Waals surface area contributed by atoms with E-state index in [-0.39, 0.29) is 17.3 Å². The molecule has 2 unspecified atom stereocenters. The summed E-state index contributed by atoms with van der Waals surface area (Å²) < 4.78 is 13.7. The molecule has 0 radical (unpaired) electrons. The molecule has 0 amide bonds. The van der Waals surface area contributed by atoms with E-state index in [2.05, 4.69) is 6.92 Å². The zero-order chi connectivity index (χ0) is 13.1. The molecule has 2 rings (SSSR count). The van der Waals surface area contributed by atoms with Crippen LogP contribution < -0.4 is 0 Å². The van der Waals surface area contributed by atoms with Crippen molar-refractivity contribution in [1.82, 2.24) is 0 Å². The Morgan fingerprint density at radius 3 is 2.94 bits per heavy atom. The normalized spacial score (nSPS) is 23.9. The maximum absolute atomic E-state index is 13.7. The zero-order valence-electron chi connectivity index (χ0n) is 10.6. The topological polar surface area (TPSA) is 17.1 Å². The Balaban J connectivity index is 2.17. The molecular formula is C15H18ClFO.